The second-order valence-corrected chi connectivity index (χ2v) is 8.44. The van der Waals surface area contributed by atoms with Crippen LogP contribution in [0.25, 0.3) is 0 Å². The molecule has 2 rings (SSSR count). The number of carbonyl (C=O) groups excluding carboxylic acids is 1. The van der Waals surface area contributed by atoms with Gasteiger partial charge in [0.2, 0.25) is 15.9 Å². The molecule has 6 nitrogen and oxygen atoms in total. The molecule has 2 atom stereocenters. The molecule has 1 aromatic rings. The molecule has 0 radical (unpaired) electrons. The van der Waals surface area contributed by atoms with E-state index in [0.29, 0.717) is 30.8 Å². The number of carbonyl (C=O) groups is 1. The minimum atomic E-state index is -3.49. The lowest BCUT2D eigenvalue weighted by Gasteiger charge is -2.37. The molecule has 1 aliphatic heterocycles. The van der Waals surface area contributed by atoms with Gasteiger partial charge in [-0.05, 0) is 30.4 Å². The Morgan fingerprint density at radius 1 is 1.32 bits per heavy atom. The van der Waals surface area contributed by atoms with Crippen LogP contribution in [0, 0.1) is 23.2 Å². The van der Waals surface area contributed by atoms with Gasteiger partial charge < -0.3 is 4.90 Å². The molecule has 0 saturated carbocycles. The molecule has 1 amide bonds. The van der Waals surface area contributed by atoms with Crippen LogP contribution in [0.1, 0.15) is 26.2 Å². The predicted molar refractivity (Wildman–Crippen MR) is 95.0 cm³/mol. The Morgan fingerprint density at radius 3 is 2.60 bits per heavy atom. The summed E-state index contributed by atoms with van der Waals surface area (Å²) >= 11 is 0. The van der Waals surface area contributed by atoms with Gasteiger partial charge in [0.15, 0.2) is 0 Å². The summed E-state index contributed by atoms with van der Waals surface area (Å²) in [5.74, 6) is 0.247. The van der Waals surface area contributed by atoms with E-state index in [-0.39, 0.29) is 24.3 Å². The third-order valence-corrected chi connectivity index (χ3v) is 6.81. The van der Waals surface area contributed by atoms with Crippen LogP contribution in [0.15, 0.2) is 35.2 Å². The van der Waals surface area contributed by atoms with E-state index >= 15 is 0 Å². The van der Waals surface area contributed by atoms with Gasteiger partial charge in [0.25, 0.3) is 0 Å². The summed E-state index contributed by atoms with van der Waals surface area (Å²) < 4.78 is 27.1. The number of sulfonamides is 1. The van der Waals surface area contributed by atoms with E-state index < -0.39 is 10.0 Å². The third-order valence-electron chi connectivity index (χ3n) is 4.93. The van der Waals surface area contributed by atoms with Crippen molar-refractivity contribution < 1.29 is 13.2 Å². The highest BCUT2D eigenvalue weighted by Crippen LogP contribution is 2.32. The molecule has 0 aliphatic carbocycles. The lowest BCUT2D eigenvalue weighted by atomic mass is 9.82. The zero-order valence-corrected chi connectivity index (χ0v) is 15.6. The first-order valence-corrected chi connectivity index (χ1v) is 10.00. The van der Waals surface area contributed by atoms with Crippen LogP contribution >= 0.6 is 0 Å². The van der Waals surface area contributed by atoms with Gasteiger partial charge in [-0.25, -0.2) is 8.42 Å². The average molecular weight is 363 g/mol. The quantitative estimate of drug-likeness (QED) is 0.725. The van der Waals surface area contributed by atoms with Gasteiger partial charge in [0.05, 0.1) is 11.0 Å². The molecule has 1 heterocycles. The van der Waals surface area contributed by atoms with Crippen molar-refractivity contribution in [1.82, 2.24) is 9.21 Å². The standard InChI is InChI=1S/C18H25N3O3S/c1-3-15-14-21(25(23,24)17-7-5-4-6-8-17)11-9-16(15)13-18(22)20(2)12-10-19/h4-8,15-16H,3,9,11-14H2,1-2H3/t15-,16+/m1/s1. The van der Waals surface area contributed by atoms with Gasteiger partial charge >= 0.3 is 0 Å². The van der Waals surface area contributed by atoms with E-state index in [1.807, 2.05) is 13.0 Å². The van der Waals surface area contributed by atoms with E-state index in [4.69, 9.17) is 5.26 Å². The molecule has 0 N–H and O–H groups in total. The maximum Gasteiger partial charge on any atom is 0.243 e. The number of benzene rings is 1. The number of hydrogen-bond acceptors (Lipinski definition) is 4. The van der Waals surface area contributed by atoms with Crippen LogP contribution in [0.5, 0.6) is 0 Å². The van der Waals surface area contributed by atoms with Crippen molar-refractivity contribution in [3.8, 4) is 6.07 Å². The number of nitriles is 1. The Kier molecular flexibility index (Phi) is 6.57. The first-order valence-electron chi connectivity index (χ1n) is 8.56. The maximum absolute atomic E-state index is 12.8. The molecule has 0 unspecified atom stereocenters. The van der Waals surface area contributed by atoms with Crippen LogP contribution in [-0.4, -0.2) is 50.2 Å². The fourth-order valence-corrected chi connectivity index (χ4v) is 4.85. The Balaban J connectivity index is 2.06. The molecule has 1 fully saturated rings. The van der Waals surface area contributed by atoms with Crippen molar-refractivity contribution in [2.45, 2.75) is 31.1 Å². The highest BCUT2D eigenvalue weighted by molar-refractivity contribution is 7.89. The van der Waals surface area contributed by atoms with Crippen LogP contribution < -0.4 is 0 Å². The zero-order chi connectivity index (χ0) is 18.4. The maximum atomic E-state index is 12.8. The van der Waals surface area contributed by atoms with Crippen LogP contribution in [0.2, 0.25) is 0 Å². The molecule has 0 spiro atoms. The normalized spacial score (nSPS) is 21.5. The first-order chi connectivity index (χ1) is 11.9. The second-order valence-electron chi connectivity index (χ2n) is 6.51. The van der Waals surface area contributed by atoms with E-state index in [2.05, 4.69) is 0 Å². The van der Waals surface area contributed by atoms with Crippen molar-refractivity contribution in [3.63, 3.8) is 0 Å². The minimum Gasteiger partial charge on any atom is -0.332 e. The van der Waals surface area contributed by atoms with E-state index in [1.54, 1.807) is 37.4 Å². The Bertz CT molecular complexity index is 728. The Labute approximate surface area is 150 Å². The topological polar surface area (TPSA) is 81.5 Å². The second kappa shape index (κ2) is 8.45. The van der Waals surface area contributed by atoms with Crippen LogP contribution in [-0.2, 0) is 14.8 Å². The smallest absolute Gasteiger partial charge is 0.243 e. The van der Waals surface area contributed by atoms with E-state index in [1.165, 1.54) is 9.21 Å². The zero-order valence-electron chi connectivity index (χ0n) is 14.8. The monoisotopic (exact) mass is 363 g/mol. The number of hydrogen-bond donors (Lipinski definition) is 0. The Morgan fingerprint density at radius 2 is 2.00 bits per heavy atom. The van der Waals surface area contributed by atoms with Crippen LogP contribution in [0.4, 0.5) is 0 Å². The number of piperidine rings is 1. The molecule has 25 heavy (non-hydrogen) atoms. The molecule has 0 bridgehead atoms. The summed E-state index contributed by atoms with van der Waals surface area (Å²) in [6.07, 6.45) is 1.85. The van der Waals surface area contributed by atoms with Gasteiger partial charge in [0, 0.05) is 26.6 Å². The summed E-state index contributed by atoms with van der Waals surface area (Å²) in [6.45, 7) is 2.97. The summed E-state index contributed by atoms with van der Waals surface area (Å²) in [7, 11) is -1.86. The molecular weight excluding hydrogens is 338 g/mol. The lowest BCUT2D eigenvalue weighted by Crippen LogP contribution is -2.44. The average Bonchev–Trinajstić information content (AvgIpc) is 2.62. The molecular formula is C18H25N3O3S. The molecule has 1 saturated heterocycles. The van der Waals surface area contributed by atoms with Crippen molar-refractivity contribution >= 4 is 15.9 Å². The molecule has 1 aliphatic rings. The lowest BCUT2D eigenvalue weighted by molar-refractivity contribution is -0.131. The van der Waals surface area contributed by atoms with Gasteiger partial charge in [0.1, 0.15) is 6.54 Å². The summed E-state index contributed by atoms with van der Waals surface area (Å²) in [5, 5.41) is 8.70. The molecule has 7 heteroatoms. The van der Waals surface area contributed by atoms with Crippen LogP contribution in [0.3, 0.4) is 0 Å². The largest absolute Gasteiger partial charge is 0.332 e. The Hall–Kier alpha value is -1.91. The van der Waals surface area contributed by atoms with Crippen molar-refractivity contribution in [3.05, 3.63) is 30.3 Å². The summed E-state index contributed by atoms with van der Waals surface area (Å²) in [5.41, 5.74) is 0. The number of nitrogens with zero attached hydrogens (tertiary/aromatic N) is 3. The molecule has 0 aromatic heterocycles. The van der Waals surface area contributed by atoms with E-state index in [0.717, 1.165) is 6.42 Å². The van der Waals surface area contributed by atoms with Gasteiger partial charge in [-0.1, -0.05) is 31.5 Å². The minimum absolute atomic E-state index is 0.0515. The van der Waals surface area contributed by atoms with Gasteiger partial charge in [-0.15, -0.1) is 0 Å². The number of amides is 1. The van der Waals surface area contributed by atoms with Gasteiger partial charge in [-0.2, -0.15) is 9.57 Å². The summed E-state index contributed by atoms with van der Waals surface area (Å²) in [6, 6.07) is 10.4. The number of rotatable bonds is 6. The fraction of sp³-hybridized carbons (Fsp3) is 0.556. The molecule has 136 valence electrons. The highest BCUT2D eigenvalue weighted by Gasteiger charge is 2.35. The predicted octanol–water partition coefficient (Wildman–Crippen LogP) is 2.10. The third kappa shape index (κ3) is 4.59. The van der Waals surface area contributed by atoms with Crippen molar-refractivity contribution in [2.24, 2.45) is 11.8 Å². The molecule has 1 aromatic carbocycles. The first kappa shape index (κ1) is 19.4. The SMILES string of the molecule is CC[C@@H]1CN(S(=O)(=O)c2ccccc2)CC[C@H]1CC(=O)N(C)CC#N. The van der Waals surface area contributed by atoms with Gasteiger partial charge in [-0.3, -0.25) is 4.79 Å². The van der Waals surface area contributed by atoms with Crippen molar-refractivity contribution in [1.29, 1.82) is 5.26 Å². The van der Waals surface area contributed by atoms with E-state index in [9.17, 15) is 13.2 Å². The highest BCUT2D eigenvalue weighted by atomic mass is 32.2. The van der Waals surface area contributed by atoms with Crippen molar-refractivity contribution in [2.75, 3.05) is 26.7 Å². The fourth-order valence-electron chi connectivity index (χ4n) is 3.31. The summed E-state index contributed by atoms with van der Waals surface area (Å²) in [4.78, 5) is 13.9.